The lowest BCUT2D eigenvalue weighted by Crippen LogP contribution is -2.24. The molecule has 0 aromatic heterocycles. The van der Waals surface area contributed by atoms with Crippen molar-refractivity contribution in [1.82, 2.24) is 0 Å². The van der Waals surface area contributed by atoms with Gasteiger partial charge in [-0.05, 0) is 18.6 Å². The number of ether oxygens (including phenoxy) is 1. The Kier molecular flexibility index (Phi) is 2.34. The van der Waals surface area contributed by atoms with E-state index in [1.165, 1.54) is 7.11 Å². The number of sulfone groups is 1. The maximum Gasteiger partial charge on any atom is 0.182 e. The summed E-state index contributed by atoms with van der Waals surface area (Å²) in [4.78, 5) is 0.383. The molecule has 0 spiro atoms. The molecule has 0 saturated heterocycles. The van der Waals surface area contributed by atoms with Gasteiger partial charge in [0.05, 0.1) is 23.4 Å². The van der Waals surface area contributed by atoms with E-state index in [2.05, 4.69) is 5.32 Å². The molecule has 82 valence electrons. The van der Waals surface area contributed by atoms with Crippen molar-refractivity contribution in [3.8, 4) is 5.75 Å². The van der Waals surface area contributed by atoms with E-state index in [0.717, 1.165) is 5.56 Å². The van der Waals surface area contributed by atoms with Crippen LogP contribution in [0.5, 0.6) is 5.75 Å². The maximum atomic E-state index is 11.9. The molecule has 0 bridgehead atoms. The molecular formula is C10H13NO3S. The predicted molar refractivity (Wildman–Crippen MR) is 58.3 cm³/mol. The Labute approximate surface area is 89.2 Å². The molecule has 0 aliphatic carbocycles. The molecule has 1 aliphatic rings. The summed E-state index contributed by atoms with van der Waals surface area (Å²) in [7, 11) is -1.61. The van der Waals surface area contributed by atoms with Crippen molar-refractivity contribution in [3.05, 3.63) is 17.7 Å². The molecule has 1 aromatic rings. The summed E-state index contributed by atoms with van der Waals surface area (Å²) in [6.45, 7) is 2.23. The van der Waals surface area contributed by atoms with Crippen LogP contribution in [0, 0.1) is 6.92 Å². The molecule has 0 radical (unpaired) electrons. The summed E-state index contributed by atoms with van der Waals surface area (Å²) >= 11 is 0. The molecule has 1 aliphatic heterocycles. The van der Waals surface area contributed by atoms with Gasteiger partial charge in [0.2, 0.25) is 0 Å². The van der Waals surface area contributed by atoms with Gasteiger partial charge in [-0.2, -0.15) is 0 Å². The van der Waals surface area contributed by atoms with E-state index in [4.69, 9.17) is 4.74 Å². The zero-order chi connectivity index (χ0) is 11.1. The van der Waals surface area contributed by atoms with Crippen LogP contribution in [-0.4, -0.2) is 27.8 Å². The first kappa shape index (κ1) is 10.3. The quantitative estimate of drug-likeness (QED) is 0.783. The van der Waals surface area contributed by atoms with Crippen molar-refractivity contribution < 1.29 is 13.2 Å². The number of aryl methyl sites for hydroxylation is 1. The zero-order valence-electron chi connectivity index (χ0n) is 8.70. The minimum atomic E-state index is -3.15. The van der Waals surface area contributed by atoms with Crippen molar-refractivity contribution in [3.63, 3.8) is 0 Å². The molecule has 15 heavy (non-hydrogen) atoms. The van der Waals surface area contributed by atoms with Gasteiger partial charge in [0.15, 0.2) is 9.84 Å². The minimum Gasteiger partial charge on any atom is -0.495 e. The third kappa shape index (κ3) is 1.56. The van der Waals surface area contributed by atoms with E-state index in [9.17, 15) is 8.42 Å². The summed E-state index contributed by atoms with van der Waals surface area (Å²) in [5.74, 6) is 0.729. The lowest BCUT2D eigenvalue weighted by Gasteiger charge is -2.22. The number of methoxy groups -OCH3 is 1. The average Bonchev–Trinajstić information content (AvgIpc) is 2.17. The van der Waals surface area contributed by atoms with Crippen LogP contribution in [0.15, 0.2) is 17.0 Å². The molecule has 0 amide bonds. The van der Waals surface area contributed by atoms with Crippen molar-refractivity contribution in [2.75, 3.05) is 24.7 Å². The number of nitrogens with one attached hydrogen (secondary N) is 1. The van der Waals surface area contributed by atoms with Crippen LogP contribution < -0.4 is 10.1 Å². The minimum absolute atomic E-state index is 0.147. The Morgan fingerprint density at radius 3 is 2.80 bits per heavy atom. The normalized spacial score (nSPS) is 17.7. The highest BCUT2D eigenvalue weighted by Crippen LogP contribution is 2.36. The number of hydrogen-bond acceptors (Lipinski definition) is 4. The van der Waals surface area contributed by atoms with Gasteiger partial charge in [0.1, 0.15) is 5.75 Å². The fourth-order valence-electron chi connectivity index (χ4n) is 1.82. The molecule has 4 nitrogen and oxygen atoms in total. The fourth-order valence-corrected chi connectivity index (χ4v) is 3.44. The largest absolute Gasteiger partial charge is 0.495 e. The third-order valence-corrected chi connectivity index (χ3v) is 4.41. The first-order valence-corrected chi connectivity index (χ1v) is 6.36. The SMILES string of the molecule is COc1ccc(C)c2c1NCCS2(=O)=O. The average molecular weight is 227 g/mol. The highest BCUT2D eigenvalue weighted by molar-refractivity contribution is 7.91. The topological polar surface area (TPSA) is 55.4 Å². The first-order valence-electron chi connectivity index (χ1n) is 4.70. The summed E-state index contributed by atoms with van der Waals surface area (Å²) in [5.41, 5.74) is 1.36. The van der Waals surface area contributed by atoms with Crippen molar-refractivity contribution in [1.29, 1.82) is 0 Å². The molecule has 0 saturated carbocycles. The van der Waals surface area contributed by atoms with Crippen LogP contribution in [0.3, 0.4) is 0 Å². The van der Waals surface area contributed by atoms with Gasteiger partial charge in [-0.15, -0.1) is 0 Å². The van der Waals surface area contributed by atoms with Gasteiger partial charge in [-0.25, -0.2) is 8.42 Å². The monoisotopic (exact) mass is 227 g/mol. The van der Waals surface area contributed by atoms with Gasteiger partial charge in [0, 0.05) is 6.54 Å². The standard InChI is InChI=1S/C10H13NO3S/c1-7-3-4-8(14-2)9-10(7)15(12,13)6-5-11-9/h3-4,11H,5-6H2,1-2H3. The Morgan fingerprint density at radius 1 is 1.40 bits per heavy atom. The number of hydrogen-bond donors (Lipinski definition) is 1. The summed E-state index contributed by atoms with van der Waals surface area (Å²) in [6.07, 6.45) is 0. The second-order valence-corrected chi connectivity index (χ2v) is 5.58. The summed E-state index contributed by atoms with van der Waals surface area (Å²) in [5, 5.41) is 3.07. The summed E-state index contributed by atoms with van der Waals surface area (Å²) < 4.78 is 28.9. The van der Waals surface area contributed by atoms with Crippen LogP contribution in [-0.2, 0) is 9.84 Å². The molecule has 0 atom stereocenters. The number of rotatable bonds is 1. The van der Waals surface area contributed by atoms with Gasteiger partial charge >= 0.3 is 0 Å². The highest BCUT2D eigenvalue weighted by atomic mass is 32.2. The van der Waals surface area contributed by atoms with E-state index < -0.39 is 9.84 Å². The third-order valence-electron chi connectivity index (χ3n) is 2.52. The second-order valence-electron chi connectivity index (χ2n) is 3.53. The fraction of sp³-hybridized carbons (Fsp3) is 0.400. The first-order chi connectivity index (χ1) is 7.06. The smallest absolute Gasteiger partial charge is 0.182 e. The van der Waals surface area contributed by atoms with E-state index in [1.54, 1.807) is 19.1 Å². The van der Waals surface area contributed by atoms with Gasteiger partial charge < -0.3 is 10.1 Å². The predicted octanol–water partition coefficient (Wildman–Crippen LogP) is 1.20. The maximum absolute atomic E-state index is 11.9. The molecule has 1 N–H and O–H groups in total. The van der Waals surface area contributed by atoms with Gasteiger partial charge in [-0.1, -0.05) is 6.07 Å². The van der Waals surface area contributed by atoms with E-state index in [1.807, 2.05) is 0 Å². The van der Waals surface area contributed by atoms with Crippen LogP contribution in [0.25, 0.3) is 0 Å². The summed E-state index contributed by atoms with van der Waals surface area (Å²) in [6, 6.07) is 3.55. The Balaban J connectivity index is 2.76. The lowest BCUT2D eigenvalue weighted by molar-refractivity contribution is 0.415. The zero-order valence-corrected chi connectivity index (χ0v) is 9.52. The number of benzene rings is 1. The Morgan fingerprint density at radius 2 is 2.13 bits per heavy atom. The van der Waals surface area contributed by atoms with Crippen LogP contribution in [0.1, 0.15) is 5.56 Å². The van der Waals surface area contributed by atoms with Crippen LogP contribution in [0.4, 0.5) is 5.69 Å². The molecule has 1 aromatic carbocycles. The van der Waals surface area contributed by atoms with Gasteiger partial charge in [0.25, 0.3) is 0 Å². The molecule has 5 heteroatoms. The van der Waals surface area contributed by atoms with Crippen LogP contribution >= 0.6 is 0 Å². The highest BCUT2D eigenvalue weighted by Gasteiger charge is 2.27. The Bertz CT molecular complexity index is 494. The van der Waals surface area contributed by atoms with Crippen molar-refractivity contribution >= 4 is 15.5 Å². The molecule has 0 fully saturated rings. The van der Waals surface area contributed by atoms with Crippen LogP contribution in [0.2, 0.25) is 0 Å². The lowest BCUT2D eigenvalue weighted by atomic mass is 10.2. The van der Waals surface area contributed by atoms with E-state index in [-0.39, 0.29) is 5.75 Å². The van der Waals surface area contributed by atoms with Gasteiger partial charge in [-0.3, -0.25) is 0 Å². The number of fused-ring (bicyclic) bond motifs is 1. The van der Waals surface area contributed by atoms with E-state index in [0.29, 0.717) is 22.9 Å². The van der Waals surface area contributed by atoms with E-state index >= 15 is 0 Å². The van der Waals surface area contributed by atoms with Crippen molar-refractivity contribution in [2.45, 2.75) is 11.8 Å². The molecule has 1 heterocycles. The molecule has 2 rings (SSSR count). The number of anilines is 1. The Hall–Kier alpha value is -1.23. The van der Waals surface area contributed by atoms with Crippen molar-refractivity contribution in [2.24, 2.45) is 0 Å². The molecule has 0 unspecified atom stereocenters. The molecular weight excluding hydrogens is 214 g/mol. The second kappa shape index (κ2) is 3.41.